The summed E-state index contributed by atoms with van der Waals surface area (Å²) in [4.78, 5) is 73.9. The van der Waals surface area contributed by atoms with Crippen molar-refractivity contribution < 1.29 is 43.0 Å². The summed E-state index contributed by atoms with van der Waals surface area (Å²) in [6.07, 6.45) is 0. The Labute approximate surface area is 257 Å². The van der Waals surface area contributed by atoms with Crippen molar-refractivity contribution in [2.24, 2.45) is 10.6 Å². The van der Waals surface area contributed by atoms with Gasteiger partial charge < -0.3 is 30.1 Å². The molecule has 1 fully saturated rings. The van der Waals surface area contributed by atoms with Gasteiger partial charge in [-0.1, -0.05) is 16.8 Å². The molecule has 0 unspecified atom stereocenters. The zero-order valence-corrected chi connectivity index (χ0v) is 26.0. The van der Waals surface area contributed by atoms with Crippen molar-refractivity contribution in [3.05, 3.63) is 32.3 Å². The van der Waals surface area contributed by atoms with E-state index in [-0.39, 0.29) is 45.4 Å². The van der Waals surface area contributed by atoms with Crippen LogP contribution in [0.2, 0.25) is 0 Å². The highest BCUT2D eigenvalue weighted by Crippen LogP contribution is 2.42. The largest absolute Gasteiger partial charge is 0.456 e. The fourth-order valence-corrected chi connectivity index (χ4v) is 6.99. The molecule has 2 amide bonds. The highest BCUT2D eigenvalue weighted by molar-refractivity contribution is 8.03. The number of β-lactam (4-membered cyclic amide) rings is 1. The molecule has 4 rings (SSSR count). The number of rotatable bonds is 10. The van der Waals surface area contributed by atoms with Crippen LogP contribution in [-0.4, -0.2) is 88.7 Å². The van der Waals surface area contributed by atoms with E-state index in [9.17, 15) is 24.0 Å². The Morgan fingerprint density at radius 2 is 2.05 bits per heavy atom. The number of cyclic esters (lactones) is 1. The molecule has 42 heavy (non-hydrogen) atoms. The number of hydrogen-bond acceptors (Lipinski definition) is 15. The molecular weight excluding hydrogens is 634 g/mol. The van der Waals surface area contributed by atoms with E-state index in [4.69, 9.17) is 36.4 Å². The smallest absolute Gasteiger partial charge is 0.357 e. The van der Waals surface area contributed by atoms with Crippen LogP contribution in [0.15, 0.2) is 31.7 Å². The van der Waals surface area contributed by atoms with Crippen LogP contribution in [0, 0.1) is 5.41 Å². The summed E-state index contributed by atoms with van der Waals surface area (Å²) in [6.45, 7) is 4.28. The summed E-state index contributed by atoms with van der Waals surface area (Å²) in [5.74, 6) is -2.95. The van der Waals surface area contributed by atoms with Gasteiger partial charge in [0.2, 0.25) is 6.79 Å². The molecule has 14 nitrogen and oxygen atoms in total. The maximum Gasteiger partial charge on any atom is 0.357 e. The van der Waals surface area contributed by atoms with E-state index in [0.29, 0.717) is 10.5 Å². The maximum absolute atomic E-state index is 13.3. The highest BCUT2D eigenvalue weighted by atomic mass is 35.5. The molecule has 1 aromatic heterocycles. The van der Waals surface area contributed by atoms with E-state index in [2.05, 4.69) is 15.5 Å². The molecule has 0 bridgehead atoms. The summed E-state index contributed by atoms with van der Waals surface area (Å²) >= 11 is 9.62. The summed E-state index contributed by atoms with van der Waals surface area (Å²) in [5.41, 5.74) is 5.32. The van der Waals surface area contributed by atoms with Gasteiger partial charge in [0, 0.05) is 21.8 Å². The number of esters is 3. The number of thiazole rings is 1. The quantitative estimate of drug-likeness (QED) is 0.121. The number of anilines is 1. The molecule has 0 aliphatic carbocycles. The van der Waals surface area contributed by atoms with Gasteiger partial charge in [-0.2, -0.15) is 0 Å². The van der Waals surface area contributed by atoms with Crippen molar-refractivity contribution >= 4 is 87.0 Å². The average Bonchev–Trinajstić information content (AvgIpc) is 3.51. The third-order valence-electron chi connectivity index (χ3n) is 5.86. The number of ether oxygens (including phenoxy) is 3. The molecule has 18 heteroatoms. The van der Waals surface area contributed by atoms with Crippen molar-refractivity contribution in [1.29, 1.82) is 0 Å². The number of carbonyl (C=O) groups is 5. The fourth-order valence-electron chi connectivity index (χ4n) is 3.76. The molecule has 3 aliphatic rings. The number of oxime groups is 1. The minimum Gasteiger partial charge on any atom is -0.456 e. The fraction of sp³-hybridized carbons (Fsp3) is 0.458. The lowest BCUT2D eigenvalue weighted by Gasteiger charge is -2.49. The Bertz CT molecular complexity index is 1420. The zero-order chi connectivity index (χ0) is 30.8. The lowest BCUT2D eigenvalue weighted by atomic mass is 9.98. The number of aromatic nitrogens is 1. The Kier molecular flexibility index (Phi) is 9.74. The van der Waals surface area contributed by atoms with Crippen LogP contribution in [-0.2, 0) is 43.0 Å². The van der Waals surface area contributed by atoms with E-state index in [1.165, 1.54) is 40.9 Å². The summed E-state index contributed by atoms with van der Waals surface area (Å²) in [6, 6.07) is -1.01. The van der Waals surface area contributed by atoms with Gasteiger partial charge in [0.25, 0.3) is 11.8 Å². The van der Waals surface area contributed by atoms with Gasteiger partial charge in [-0.15, -0.1) is 34.9 Å². The first-order chi connectivity index (χ1) is 19.8. The normalized spacial score (nSPS) is 20.6. The van der Waals surface area contributed by atoms with Crippen molar-refractivity contribution in [2.75, 3.05) is 37.7 Å². The number of fused-ring (bicyclic) bond motifs is 1. The second-order valence-electron chi connectivity index (χ2n) is 9.84. The van der Waals surface area contributed by atoms with E-state index in [1.54, 1.807) is 20.8 Å². The van der Waals surface area contributed by atoms with Crippen molar-refractivity contribution in [1.82, 2.24) is 15.2 Å². The zero-order valence-electron chi connectivity index (χ0n) is 22.8. The highest BCUT2D eigenvalue weighted by Gasteiger charge is 2.54. The first kappa shape index (κ1) is 31.7. The van der Waals surface area contributed by atoms with E-state index in [0.717, 1.165) is 11.3 Å². The molecular formula is C24H26ClN5O9S3. The van der Waals surface area contributed by atoms with Gasteiger partial charge in [0.1, 0.15) is 41.6 Å². The van der Waals surface area contributed by atoms with Gasteiger partial charge in [-0.25, -0.2) is 14.6 Å². The third kappa shape index (κ3) is 6.68. The van der Waals surface area contributed by atoms with E-state index < -0.39 is 53.3 Å². The minimum atomic E-state index is -1.01. The van der Waals surface area contributed by atoms with Gasteiger partial charge in [0.15, 0.2) is 10.8 Å². The number of carbonyl (C=O) groups excluding carboxylic acids is 5. The molecule has 0 radical (unpaired) electrons. The summed E-state index contributed by atoms with van der Waals surface area (Å²) in [5, 5.41) is 7.40. The van der Waals surface area contributed by atoms with Crippen LogP contribution in [0.25, 0.3) is 0 Å². The van der Waals surface area contributed by atoms with Crippen LogP contribution >= 0.6 is 46.5 Å². The minimum absolute atomic E-state index is 0.000658. The van der Waals surface area contributed by atoms with Crippen molar-refractivity contribution in [2.45, 2.75) is 32.2 Å². The van der Waals surface area contributed by atoms with Crippen molar-refractivity contribution in [3.63, 3.8) is 0 Å². The number of amides is 2. The van der Waals surface area contributed by atoms with Gasteiger partial charge in [-0.3, -0.25) is 19.3 Å². The van der Waals surface area contributed by atoms with E-state index >= 15 is 0 Å². The number of nitrogens with one attached hydrogen (secondary N) is 1. The molecule has 0 aromatic carbocycles. The Morgan fingerprint density at radius 3 is 2.64 bits per heavy atom. The first-order valence-corrected chi connectivity index (χ1v) is 15.5. The number of halogens is 1. The molecule has 226 valence electrons. The standard InChI is InChI=1S/C24H26ClN5O9S3/c1-24(2,3)22(35)39-9-38-21(34)16-10(6-40-12-5-37-20(33)13(12)25)7-41-19-15(18(32)30(16)19)28-17(31)14(29-36-4)11-8-42-23(26)27-11/h8,15,19H,5-7,9H2,1-4H3,(H2,26,27)(H,28,31)/b29-14-/t15-,19-/m0/s1. The lowest BCUT2D eigenvalue weighted by molar-refractivity contribution is -0.173. The van der Waals surface area contributed by atoms with Crippen LogP contribution in [0.4, 0.5) is 5.13 Å². The SMILES string of the molecule is CO/N=C(\C(=O)N[C@H]1C(=O)N2C(C(=O)OCOC(=O)C(C)(C)C)=C(CSC3=C(Cl)C(=O)OC3)CS[C@@H]12)c1csc(N)n1. The van der Waals surface area contributed by atoms with Crippen LogP contribution in [0.3, 0.4) is 0 Å². The second-order valence-corrected chi connectivity index (χ2v) is 13.3. The van der Waals surface area contributed by atoms with Gasteiger partial charge in [-0.05, 0) is 26.3 Å². The molecule has 0 saturated carbocycles. The van der Waals surface area contributed by atoms with Crippen molar-refractivity contribution in [3.8, 4) is 0 Å². The molecule has 2 atom stereocenters. The van der Waals surface area contributed by atoms with Gasteiger partial charge >= 0.3 is 17.9 Å². The molecule has 4 heterocycles. The molecule has 3 N–H and O–H groups in total. The Hall–Kier alpha value is -3.28. The molecule has 1 aromatic rings. The Morgan fingerprint density at radius 1 is 1.31 bits per heavy atom. The molecule has 3 aliphatic heterocycles. The second kappa shape index (κ2) is 12.9. The number of nitrogens with zero attached hydrogens (tertiary/aromatic N) is 3. The number of nitrogens with two attached hydrogens (primary N) is 1. The Balaban J connectivity index is 1.52. The predicted molar refractivity (Wildman–Crippen MR) is 155 cm³/mol. The first-order valence-electron chi connectivity index (χ1n) is 12.2. The average molecular weight is 660 g/mol. The molecule has 1 saturated heterocycles. The lowest BCUT2D eigenvalue weighted by Crippen LogP contribution is -2.71. The van der Waals surface area contributed by atoms with E-state index in [1.807, 2.05) is 0 Å². The van der Waals surface area contributed by atoms with Crippen LogP contribution < -0.4 is 11.1 Å². The summed E-state index contributed by atoms with van der Waals surface area (Å²) < 4.78 is 15.2. The monoisotopic (exact) mass is 659 g/mol. The molecule has 0 spiro atoms. The topological polar surface area (TPSA) is 189 Å². The third-order valence-corrected chi connectivity index (χ3v) is 9.53. The van der Waals surface area contributed by atoms with Crippen LogP contribution in [0.5, 0.6) is 0 Å². The maximum atomic E-state index is 13.3. The number of thioether (sulfide) groups is 2. The van der Waals surface area contributed by atoms with Crippen LogP contribution in [0.1, 0.15) is 26.5 Å². The number of nitrogen functional groups attached to an aromatic ring is 1. The number of hydrogen-bond donors (Lipinski definition) is 2. The van der Waals surface area contributed by atoms with Gasteiger partial charge in [0.05, 0.1) is 5.41 Å². The summed E-state index contributed by atoms with van der Waals surface area (Å²) in [7, 11) is 1.26. The predicted octanol–water partition coefficient (Wildman–Crippen LogP) is 1.56.